The molecule has 0 spiro atoms. The zero-order chi connectivity index (χ0) is 24.9. The standard InChI is InChI=1S/C28H24BrN5O2/c29-25-9-5-20(6-10-25)11-13-33(28(35)24-8-7-23-12-14-36-26(23)15-24)18-27-32-31-19-34(27)17-22-3-1-21(16-30)2-4-22/h1-10,15,19H,11-14,17-18H2. The van der Waals surface area contributed by atoms with Gasteiger partial charge in [-0.15, -0.1) is 10.2 Å². The van der Waals surface area contributed by atoms with Crippen LogP contribution in [0.2, 0.25) is 0 Å². The summed E-state index contributed by atoms with van der Waals surface area (Å²) in [7, 11) is 0. The molecule has 1 aromatic heterocycles. The highest BCUT2D eigenvalue weighted by Gasteiger charge is 2.22. The van der Waals surface area contributed by atoms with E-state index in [1.165, 1.54) is 0 Å². The van der Waals surface area contributed by atoms with Crippen molar-refractivity contribution in [1.82, 2.24) is 19.7 Å². The Bertz CT molecular complexity index is 1410. The third-order valence-electron chi connectivity index (χ3n) is 6.28. The number of benzene rings is 3. The minimum Gasteiger partial charge on any atom is -0.493 e. The van der Waals surface area contributed by atoms with E-state index in [0.29, 0.717) is 49.6 Å². The Hall–Kier alpha value is -3.96. The number of amides is 1. The fraction of sp³-hybridized carbons (Fsp3) is 0.214. The summed E-state index contributed by atoms with van der Waals surface area (Å²) in [4.78, 5) is 15.5. The molecule has 36 heavy (non-hydrogen) atoms. The van der Waals surface area contributed by atoms with Crippen LogP contribution in [0.3, 0.4) is 0 Å². The number of nitrogens with zero attached hydrogens (tertiary/aromatic N) is 5. The van der Waals surface area contributed by atoms with E-state index < -0.39 is 0 Å². The van der Waals surface area contributed by atoms with Crippen molar-refractivity contribution in [3.8, 4) is 11.8 Å². The molecule has 1 aliphatic rings. The zero-order valence-electron chi connectivity index (χ0n) is 19.6. The normalized spacial score (nSPS) is 12.0. The number of halogens is 1. The summed E-state index contributed by atoms with van der Waals surface area (Å²) in [5, 5.41) is 17.5. The highest BCUT2D eigenvalue weighted by molar-refractivity contribution is 9.10. The first-order chi connectivity index (χ1) is 17.6. The third kappa shape index (κ3) is 5.47. The fourth-order valence-electron chi connectivity index (χ4n) is 4.24. The van der Waals surface area contributed by atoms with Gasteiger partial charge in [-0.1, -0.05) is 46.3 Å². The molecule has 180 valence electrons. The van der Waals surface area contributed by atoms with Crippen molar-refractivity contribution in [3.63, 3.8) is 0 Å². The van der Waals surface area contributed by atoms with E-state index in [1.807, 2.05) is 51.9 Å². The van der Waals surface area contributed by atoms with Crippen molar-refractivity contribution in [2.45, 2.75) is 25.9 Å². The molecule has 3 aromatic carbocycles. The fourth-order valence-corrected chi connectivity index (χ4v) is 4.50. The van der Waals surface area contributed by atoms with Crippen molar-refractivity contribution < 1.29 is 9.53 Å². The molecule has 4 aromatic rings. The van der Waals surface area contributed by atoms with Gasteiger partial charge < -0.3 is 14.2 Å². The molecule has 0 N–H and O–H groups in total. The topological polar surface area (TPSA) is 84.0 Å². The van der Waals surface area contributed by atoms with Gasteiger partial charge in [0, 0.05) is 23.0 Å². The highest BCUT2D eigenvalue weighted by atomic mass is 79.9. The molecule has 0 saturated carbocycles. The van der Waals surface area contributed by atoms with Crippen LogP contribution >= 0.6 is 15.9 Å². The van der Waals surface area contributed by atoms with Gasteiger partial charge in [-0.3, -0.25) is 4.79 Å². The summed E-state index contributed by atoms with van der Waals surface area (Å²) >= 11 is 3.48. The largest absolute Gasteiger partial charge is 0.493 e. The van der Waals surface area contributed by atoms with E-state index in [9.17, 15) is 4.79 Å². The van der Waals surface area contributed by atoms with Gasteiger partial charge >= 0.3 is 0 Å². The van der Waals surface area contributed by atoms with Gasteiger partial charge in [0.1, 0.15) is 12.1 Å². The van der Waals surface area contributed by atoms with E-state index in [1.54, 1.807) is 18.5 Å². The Morgan fingerprint density at radius 1 is 1.08 bits per heavy atom. The summed E-state index contributed by atoms with van der Waals surface area (Å²) in [5.74, 6) is 1.41. The van der Waals surface area contributed by atoms with Gasteiger partial charge in [0.25, 0.3) is 5.91 Å². The van der Waals surface area contributed by atoms with Crippen molar-refractivity contribution >= 4 is 21.8 Å². The Labute approximate surface area is 218 Å². The lowest BCUT2D eigenvalue weighted by Crippen LogP contribution is -2.33. The molecule has 0 saturated heterocycles. The SMILES string of the molecule is N#Cc1ccc(Cn2cnnc2CN(CCc2ccc(Br)cc2)C(=O)c2ccc3c(c2)OCC3)cc1. The number of hydrogen-bond acceptors (Lipinski definition) is 5. The second-order valence-corrected chi connectivity index (χ2v) is 9.62. The molecule has 0 fully saturated rings. The van der Waals surface area contributed by atoms with Crippen molar-refractivity contribution in [1.29, 1.82) is 5.26 Å². The smallest absolute Gasteiger partial charge is 0.254 e. The van der Waals surface area contributed by atoms with E-state index in [0.717, 1.165) is 33.3 Å². The maximum absolute atomic E-state index is 13.7. The zero-order valence-corrected chi connectivity index (χ0v) is 21.2. The summed E-state index contributed by atoms with van der Waals surface area (Å²) < 4.78 is 8.65. The molecule has 0 atom stereocenters. The lowest BCUT2D eigenvalue weighted by molar-refractivity contribution is 0.0738. The molecular formula is C28H24BrN5O2. The molecule has 0 bridgehead atoms. The van der Waals surface area contributed by atoms with E-state index >= 15 is 0 Å². The molecule has 0 radical (unpaired) electrons. The van der Waals surface area contributed by atoms with Crippen LogP contribution in [-0.2, 0) is 25.9 Å². The first kappa shape index (κ1) is 23.8. The minimum absolute atomic E-state index is 0.0710. The van der Waals surface area contributed by atoms with Crippen LogP contribution in [0.4, 0.5) is 0 Å². The van der Waals surface area contributed by atoms with Crippen LogP contribution in [0.1, 0.15) is 38.4 Å². The van der Waals surface area contributed by atoms with Crippen LogP contribution in [0.25, 0.3) is 0 Å². The number of nitriles is 1. The van der Waals surface area contributed by atoms with Gasteiger partial charge in [-0.05, 0) is 59.5 Å². The molecule has 2 heterocycles. The lowest BCUT2D eigenvalue weighted by atomic mass is 10.1. The number of carbonyl (C=O) groups is 1. The van der Waals surface area contributed by atoms with Crippen molar-refractivity contribution in [2.24, 2.45) is 0 Å². The van der Waals surface area contributed by atoms with E-state index in [4.69, 9.17) is 10.00 Å². The Morgan fingerprint density at radius 2 is 1.86 bits per heavy atom. The van der Waals surface area contributed by atoms with Gasteiger partial charge in [0.2, 0.25) is 0 Å². The van der Waals surface area contributed by atoms with E-state index in [-0.39, 0.29) is 5.91 Å². The summed E-state index contributed by atoms with van der Waals surface area (Å²) in [6.07, 6.45) is 3.26. The first-order valence-electron chi connectivity index (χ1n) is 11.7. The molecule has 1 aliphatic heterocycles. The van der Waals surface area contributed by atoms with Crippen LogP contribution in [0.15, 0.2) is 77.5 Å². The quantitative estimate of drug-likeness (QED) is 0.320. The van der Waals surface area contributed by atoms with Crippen molar-refractivity contribution in [2.75, 3.05) is 13.2 Å². The molecule has 7 nitrogen and oxygen atoms in total. The number of hydrogen-bond donors (Lipinski definition) is 0. The van der Waals surface area contributed by atoms with Crippen LogP contribution in [0.5, 0.6) is 5.75 Å². The number of carbonyl (C=O) groups excluding carboxylic acids is 1. The maximum Gasteiger partial charge on any atom is 0.254 e. The molecule has 8 heteroatoms. The van der Waals surface area contributed by atoms with E-state index in [2.05, 4.69) is 44.3 Å². The monoisotopic (exact) mass is 541 g/mol. The molecular weight excluding hydrogens is 518 g/mol. The van der Waals surface area contributed by atoms with Crippen LogP contribution < -0.4 is 4.74 Å². The predicted molar refractivity (Wildman–Crippen MR) is 139 cm³/mol. The average molecular weight is 542 g/mol. The number of aromatic nitrogens is 3. The summed E-state index contributed by atoms with van der Waals surface area (Å²) in [6, 6.07) is 23.4. The number of fused-ring (bicyclic) bond motifs is 1. The Balaban J connectivity index is 1.37. The second kappa shape index (κ2) is 10.8. The lowest BCUT2D eigenvalue weighted by Gasteiger charge is -2.23. The minimum atomic E-state index is -0.0710. The van der Waals surface area contributed by atoms with Crippen LogP contribution in [-0.4, -0.2) is 38.7 Å². The van der Waals surface area contributed by atoms with Gasteiger partial charge in [0.15, 0.2) is 5.82 Å². The Kier molecular flexibility index (Phi) is 7.10. The predicted octanol–water partition coefficient (Wildman–Crippen LogP) is 4.78. The molecule has 5 rings (SSSR count). The molecule has 1 amide bonds. The number of rotatable bonds is 8. The maximum atomic E-state index is 13.7. The second-order valence-electron chi connectivity index (χ2n) is 8.71. The Morgan fingerprint density at radius 3 is 2.64 bits per heavy atom. The summed E-state index contributed by atoms with van der Waals surface area (Å²) in [5.41, 5.74) is 4.52. The van der Waals surface area contributed by atoms with Gasteiger partial charge in [-0.25, -0.2) is 0 Å². The van der Waals surface area contributed by atoms with Crippen molar-refractivity contribution in [3.05, 3.63) is 111 Å². The highest BCUT2D eigenvalue weighted by Crippen LogP contribution is 2.27. The number of ether oxygens (including phenoxy) is 1. The first-order valence-corrected chi connectivity index (χ1v) is 12.5. The molecule has 0 unspecified atom stereocenters. The van der Waals surface area contributed by atoms with Gasteiger partial charge in [-0.2, -0.15) is 5.26 Å². The molecule has 0 aliphatic carbocycles. The average Bonchev–Trinajstić information content (AvgIpc) is 3.56. The summed E-state index contributed by atoms with van der Waals surface area (Å²) in [6.45, 7) is 2.06. The third-order valence-corrected chi connectivity index (χ3v) is 6.81. The van der Waals surface area contributed by atoms with Crippen LogP contribution in [0, 0.1) is 11.3 Å². The van der Waals surface area contributed by atoms with Gasteiger partial charge in [0.05, 0.1) is 31.3 Å².